The summed E-state index contributed by atoms with van der Waals surface area (Å²) in [5, 5.41) is 0. The Morgan fingerprint density at radius 2 is 1.94 bits per heavy atom. The summed E-state index contributed by atoms with van der Waals surface area (Å²) in [5.74, 6) is 1.41. The zero-order valence-corrected chi connectivity index (χ0v) is 12.0. The highest BCUT2D eigenvalue weighted by Gasteiger charge is 2.28. The van der Waals surface area contributed by atoms with Crippen LogP contribution in [0, 0.1) is 17.3 Å². The van der Waals surface area contributed by atoms with Gasteiger partial charge in [-0.1, -0.05) is 47.6 Å². The maximum absolute atomic E-state index is 4.26. The lowest BCUT2D eigenvalue weighted by Gasteiger charge is -2.35. The highest BCUT2D eigenvalue weighted by Crippen LogP contribution is 2.37. The van der Waals surface area contributed by atoms with Crippen molar-refractivity contribution in [3.05, 3.63) is 12.3 Å². The Morgan fingerprint density at radius 1 is 1.38 bits per heavy atom. The first kappa shape index (κ1) is 15.4. The van der Waals surface area contributed by atoms with Gasteiger partial charge in [0, 0.05) is 11.9 Å². The van der Waals surface area contributed by atoms with Crippen LogP contribution in [-0.4, -0.2) is 6.21 Å². The fourth-order valence-corrected chi connectivity index (χ4v) is 2.22. The van der Waals surface area contributed by atoms with E-state index in [1.54, 1.807) is 0 Å². The highest BCUT2D eigenvalue weighted by molar-refractivity contribution is 5.59. The smallest absolute Gasteiger partial charge is 0.0297 e. The molecule has 0 aliphatic rings. The van der Waals surface area contributed by atoms with Crippen LogP contribution in [0.5, 0.6) is 0 Å². The van der Waals surface area contributed by atoms with E-state index < -0.39 is 0 Å². The Kier molecular flexibility index (Phi) is 6.62. The predicted molar refractivity (Wildman–Crippen MR) is 74.9 cm³/mol. The van der Waals surface area contributed by atoms with Gasteiger partial charge in [-0.25, -0.2) is 0 Å². The Hall–Kier alpha value is -0.590. The van der Waals surface area contributed by atoms with E-state index in [2.05, 4.69) is 46.2 Å². The standard InChI is InChI=1S/C15H29N/c1-8-10-15(6,7)14(5)13(4)9-11-16-12(2)3/h11,13-14H,2,8-10H2,1,3-7H3. The number of aliphatic imine (C=N–C) groups is 1. The summed E-state index contributed by atoms with van der Waals surface area (Å²) < 4.78 is 0. The van der Waals surface area contributed by atoms with E-state index in [1.165, 1.54) is 12.8 Å². The first-order valence-electron chi connectivity index (χ1n) is 6.49. The van der Waals surface area contributed by atoms with Crippen molar-refractivity contribution in [2.45, 2.75) is 60.8 Å². The van der Waals surface area contributed by atoms with E-state index in [9.17, 15) is 0 Å². The number of hydrogen-bond acceptors (Lipinski definition) is 1. The van der Waals surface area contributed by atoms with Gasteiger partial charge in [0.15, 0.2) is 0 Å². The van der Waals surface area contributed by atoms with E-state index in [0.717, 1.165) is 18.0 Å². The molecule has 0 radical (unpaired) electrons. The van der Waals surface area contributed by atoms with E-state index in [1.807, 2.05) is 13.1 Å². The molecule has 0 saturated carbocycles. The summed E-state index contributed by atoms with van der Waals surface area (Å²) in [5.41, 5.74) is 1.33. The van der Waals surface area contributed by atoms with Gasteiger partial charge in [-0.05, 0) is 37.0 Å². The molecule has 2 atom stereocenters. The van der Waals surface area contributed by atoms with Crippen molar-refractivity contribution in [3.8, 4) is 0 Å². The van der Waals surface area contributed by atoms with Crippen LogP contribution in [0.15, 0.2) is 17.3 Å². The van der Waals surface area contributed by atoms with Crippen LogP contribution >= 0.6 is 0 Å². The number of rotatable bonds is 7. The molecule has 0 amide bonds. The zero-order valence-electron chi connectivity index (χ0n) is 12.0. The van der Waals surface area contributed by atoms with Crippen molar-refractivity contribution in [3.63, 3.8) is 0 Å². The second-order valence-corrected chi connectivity index (χ2v) is 5.79. The Labute approximate surface area is 102 Å². The summed E-state index contributed by atoms with van der Waals surface area (Å²) >= 11 is 0. The van der Waals surface area contributed by atoms with Crippen LogP contribution in [0.1, 0.15) is 60.8 Å². The van der Waals surface area contributed by atoms with Gasteiger partial charge in [-0.3, -0.25) is 4.99 Å². The molecule has 0 aromatic heterocycles. The van der Waals surface area contributed by atoms with Crippen molar-refractivity contribution in [2.75, 3.05) is 0 Å². The Bertz CT molecular complexity index is 238. The molecule has 0 saturated heterocycles. The minimum Gasteiger partial charge on any atom is -0.267 e. The molecule has 1 heteroatoms. The molecule has 1 nitrogen and oxygen atoms in total. The van der Waals surface area contributed by atoms with Crippen LogP contribution in [0.25, 0.3) is 0 Å². The normalized spacial score (nSPS) is 16.4. The van der Waals surface area contributed by atoms with Crippen LogP contribution in [0.4, 0.5) is 0 Å². The first-order chi connectivity index (χ1) is 7.31. The fourth-order valence-electron chi connectivity index (χ4n) is 2.22. The maximum atomic E-state index is 4.26. The van der Waals surface area contributed by atoms with E-state index in [-0.39, 0.29) is 0 Å². The average molecular weight is 223 g/mol. The van der Waals surface area contributed by atoms with Crippen molar-refractivity contribution in [1.29, 1.82) is 0 Å². The molecular formula is C15H29N. The first-order valence-corrected chi connectivity index (χ1v) is 6.49. The number of allylic oxidation sites excluding steroid dienone is 1. The number of hydrogen-bond donors (Lipinski definition) is 0. The third-order valence-corrected chi connectivity index (χ3v) is 3.77. The summed E-state index contributed by atoms with van der Waals surface area (Å²) in [6.45, 7) is 17.4. The molecule has 0 spiro atoms. The minimum absolute atomic E-state index is 0.436. The van der Waals surface area contributed by atoms with Gasteiger partial charge >= 0.3 is 0 Å². The Balaban J connectivity index is 4.26. The Morgan fingerprint density at radius 3 is 2.38 bits per heavy atom. The van der Waals surface area contributed by atoms with Crippen molar-refractivity contribution in [2.24, 2.45) is 22.2 Å². The van der Waals surface area contributed by atoms with E-state index in [4.69, 9.17) is 0 Å². The molecule has 0 fully saturated rings. The van der Waals surface area contributed by atoms with E-state index in [0.29, 0.717) is 11.3 Å². The van der Waals surface area contributed by atoms with Crippen molar-refractivity contribution < 1.29 is 0 Å². The lowest BCUT2D eigenvalue weighted by atomic mass is 9.70. The van der Waals surface area contributed by atoms with E-state index >= 15 is 0 Å². The van der Waals surface area contributed by atoms with Crippen molar-refractivity contribution in [1.82, 2.24) is 0 Å². The molecule has 94 valence electrons. The molecule has 0 aliphatic heterocycles. The van der Waals surface area contributed by atoms with Gasteiger partial charge in [0.2, 0.25) is 0 Å². The lowest BCUT2D eigenvalue weighted by Crippen LogP contribution is -2.27. The molecule has 0 heterocycles. The average Bonchev–Trinajstić information content (AvgIpc) is 2.15. The molecule has 0 N–H and O–H groups in total. The SMILES string of the molecule is C=C(C)N=CCC(C)C(C)C(C)(C)CCC. The molecule has 0 aromatic rings. The van der Waals surface area contributed by atoms with Gasteiger partial charge in [0.05, 0.1) is 0 Å². The fraction of sp³-hybridized carbons (Fsp3) is 0.800. The molecule has 16 heavy (non-hydrogen) atoms. The highest BCUT2D eigenvalue weighted by atomic mass is 14.7. The van der Waals surface area contributed by atoms with Gasteiger partial charge in [-0.2, -0.15) is 0 Å². The second-order valence-electron chi connectivity index (χ2n) is 5.79. The molecule has 0 aromatic carbocycles. The third-order valence-electron chi connectivity index (χ3n) is 3.77. The van der Waals surface area contributed by atoms with Gasteiger partial charge < -0.3 is 0 Å². The van der Waals surface area contributed by atoms with Gasteiger partial charge in [0.1, 0.15) is 0 Å². The second kappa shape index (κ2) is 6.88. The maximum Gasteiger partial charge on any atom is 0.0297 e. The summed E-state index contributed by atoms with van der Waals surface area (Å²) in [6, 6.07) is 0. The topological polar surface area (TPSA) is 12.4 Å². The lowest BCUT2D eigenvalue weighted by molar-refractivity contribution is 0.154. The van der Waals surface area contributed by atoms with Crippen molar-refractivity contribution >= 4 is 6.21 Å². The monoisotopic (exact) mass is 223 g/mol. The quantitative estimate of drug-likeness (QED) is 0.534. The van der Waals surface area contributed by atoms with Gasteiger partial charge in [-0.15, -0.1) is 0 Å². The third kappa shape index (κ3) is 5.48. The van der Waals surface area contributed by atoms with Crippen LogP contribution in [-0.2, 0) is 0 Å². The summed E-state index contributed by atoms with van der Waals surface area (Å²) in [4.78, 5) is 4.26. The largest absolute Gasteiger partial charge is 0.267 e. The molecular weight excluding hydrogens is 194 g/mol. The predicted octanol–water partition coefficient (Wildman–Crippen LogP) is 5.08. The summed E-state index contributed by atoms with van der Waals surface area (Å²) in [7, 11) is 0. The van der Waals surface area contributed by atoms with Gasteiger partial charge in [0.25, 0.3) is 0 Å². The van der Waals surface area contributed by atoms with Crippen LogP contribution < -0.4 is 0 Å². The molecule has 0 aliphatic carbocycles. The van der Waals surface area contributed by atoms with Crippen LogP contribution in [0.3, 0.4) is 0 Å². The molecule has 0 bridgehead atoms. The molecule has 0 rings (SSSR count). The zero-order chi connectivity index (χ0) is 12.8. The van der Waals surface area contributed by atoms with Crippen LogP contribution in [0.2, 0.25) is 0 Å². The summed E-state index contributed by atoms with van der Waals surface area (Å²) in [6.07, 6.45) is 5.65. The minimum atomic E-state index is 0.436. The molecule has 2 unspecified atom stereocenters. The number of nitrogens with zero attached hydrogens (tertiary/aromatic N) is 1.